The summed E-state index contributed by atoms with van der Waals surface area (Å²) in [6.45, 7) is -1.53. The largest absolute Gasteiger partial charge is 0.388 e. The van der Waals surface area contributed by atoms with Crippen molar-refractivity contribution in [2.24, 2.45) is 0 Å². The van der Waals surface area contributed by atoms with E-state index in [0.29, 0.717) is 5.75 Å². The van der Waals surface area contributed by atoms with E-state index in [1.807, 2.05) is 0 Å². The van der Waals surface area contributed by atoms with Crippen LogP contribution in [0.1, 0.15) is 6.92 Å². The van der Waals surface area contributed by atoms with Gasteiger partial charge in [-0.3, -0.25) is 9.00 Å². The molecule has 6 nitrogen and oxygen atoms in total. The molecule has 0 saturated heterocycles. The fourth-order valence-electron chi connectivity index (χ4n) is 0.911. The van der Waals surface area contributed by atoms with E-state index in [2.05, 4.69) is 5.32 Å². The van der Waals surface area contributed by atoms with E-state index in [9.17, 15) is 13.6 Å². The Balaban J connectivity index is 4.10. The summed E-state index contributed by atoms with van der Waals surface area (Å²) in [6.07, 6.45) is 0. The van der Waals surface area contributed by atoms with Gasteiger partial charge in [0.05, 0.1) is 0 Å². The van der Waals surface area contributed by atoms with Crippen LogP contribution in [0.15, 0.2) is 0 Å². The Morgan fingerprint density at radius 1 is 1.47 bits per heavy atom. The molecule has 0 unspecified atom stereocenters. The average Bonchev–Trinajstić information content (AvgIpc) is 2.36. The monoisotopic (exact) mass is 303 g/mol. The second-order valence-electron chi connectivity index (χ2n) is 2.99. The first-order valence-corrected chi connectivity index (χ1v) is 9.36. The van der Waals surface area contributed by atoms with Crippen LogP contribution in [0.4, 0.5) is 0 Å². The highest BCUT2D eigenvalue weighted by Crippen LogP contribution is 2.59. The van der Waals surface area contributed by atoms with E-state index < -0.39 is 22.8 Å². The Morgan fingerprint density at radius 2 is 2.00 bits per heavy atom. The standard InChI is InChI=1S/C8H18NO5PS2/c1-7(8(10)9-2)17(12)6-5-16-15(11,13-3)14-4/h7H,5-6H2,1-4H3,(H,9,10)/t7-,17+/m0/s1. The van der Waals surface area contributed by atoms with E-state index in [1.165, 1.54) is 21.3 Å². The van der Waals surface area contributed by atoms with Crippen molar-refractivity contribution in [1.29, 1.82) is 0 Å². The maximum absolute atomic E-state index is 11.7. The van der Waals surface area contributed by atoms with E-state index in [-0.39, 0.29) is 11.7 Å². The van der Waals surface area contributed by atoms with Gasteiger partial charge in [0.1, 0.15) is 5.25 Å². The van der Waals surface area contributed by atoms with Crippen molar-refractivity contribution in [3.63, 3.8) is 0 Å². The molecule has 0 radical (unpaired) electrons. The molecule has 0 heterocycles. The summed E-state index contributed by atoms with van der Waals surface area (Å²) in [6, 6.07) is 0. The minimum absolute atomic E-state index is 0.260. The lowest BCUT2D eigenvalue weighted by atomic mass is 10.4. The van der Waals surface area contributed by atoms with Gasteiger partial charge in [-0.2, -0.15) is 0 Å². The number of hydrogen-bond acceptors (Lipinski definition) is 6. The lowest BCUT2D eigenvalue weighted by molar-refractivity contribution is -0.119. The van der Waals surface area contributed by atoms with E-state index >= 15 is 0 Å². The van der Waals surface area contributed by atoms with Crippen LogP contribution < -0.4 is 5.32 Å². The normalized spacial score (nSPS) is 15.3. The molecule has 1 N–H and O–H groups in total. The minimum Gasteiger partial charge on any atom is -0.358 e. The molecule has 0 aliphatic heterocycles. The quantitative estimate of drug-likeness (QED) is 0.674. The fourth-order valence-corrected chi connectivity index (χ4v) is 5.13. The third kappa shape index (κ3) is 6.01. The first kappa shape index (κ1) is 17.1. The summed E-state index contributed by atoms with van der Waals surface area (Å²) in [5.74, 6) is 0.332. The highest BCUT2D eigenvalue weighted by Gasteiger charge is 2.24. The van der Waals surface area contributed by atoms with Crippen molar-refractivity contribution in [2.75, 3.05) is 32.8 Å². The molecule has 0 bridgehead atoms. The van der Waals surface area contributed by atoms with Gasteiger partial charge in [0, 0.05) is 43.6 Å². The van der Waals surface area contributed by atoms with Crippen LogP contribution in [0.2, 0.25) is 0 Å². The molecule has 0 rings (SSSR count). The van der Waals surface area contributed by atoms with Gasteiger partial charge in [0.25, 0.3) is 0 Å². The summed E-state index contributed by atoms with van der Waals surface area (Å²) in [7, 11) is 2.78. The number of hydrogen-bond donors (Lipinski definition) is 1. The molecule has 1 amide bonds. The molecular formula is C8H18NO5PS2. The Bertz CT molecular complexity index is 317. The van der Waals surface area contributed by atoms with Crippen LogP contribution in [-0.4, -0.2) is 48.1 Å². The number of amides is 1. The van der Waals surface area contributed by atoms with Crippen LogP contribution >= 0.6 is 18.2 Å². The second-order valence-corrected chi connectivity index (χ2v) is 9.27. The molecule has 9 heteroatoms. The SMILES string of the molecule is CNC(=O)[C@H](C)[S@](=O)CCSP(=O)(OC)OC. The maximum atomic E-state index is 11.7. The topological polar surface area (TPSA) is 81.7 Å². The maximum Gasteiger partial charge on any atom is 0.388 e. The molecule has 0 aromatic carbocycles. The first-order valence-electron chi connectivity index (χ1n) is 4.85. The summed E-state index contributed by atoms with van der Waals surface area (Å²) in [4.78, 5) is 11.2. The molecule has 0 saturated carbocycles. The molecule has 102 valence electrons. The van der Waals surface area contributed by atoms with E-state index in [4.69, 9.17) is 9.05 Å². The predicted molar refractivity (Wildman–Crippen MR) is 70.6 cm³/mol. The zero-order chi connectivity index (χ0) is 13.5. The number of carbonyl (C=O) groups is 1. The van der Waals surface area contributed by atoms with Gasteiger partial charge in [-0.05, 0) is 18.3 Å². The van der Waals surface area contributed by atoms with Crippen LogP contribution in [-0.2, 0) is 29.2 Å². The summed E-state index contributed by atoms with van der Waals surface area (Å²) in [5, 5.41) is 1.85. The predicted octanol–water partition coefficient (Wildman–Crippen LogP) is 1.00. The van der Waals surface area contributed by atoms with Crippen molar-refractivity contribution in [2.45, 2.75) is 12.2 Å². The first-order chi connectivity index (χ1) is 7.90. The molecule has 0 aliphatic carbocycles. The van der Waals surface area contributed by atoms with Crippen LogP contribution in [0.3, 0.4) is 0 Å². The lowest BCUT2D eigenvalue weighted by Gasteiger charge is -2.13. The molecule has 0 aromatic heterocycles. The smallest absolute Gasteiger partial charge is 0.358 e. The van der Waals surface area contributed by atoms with Gasteiger partial charge in [0.15, 0.2) is 0 Å². The zero-order valence-corrected chi connectivity index (χ0v) is 12.8. The van der Waals surface area contributed by atoms with Crippen molar-refractivity contribution in [3.05, 3.63) is 0 Å². The third-order valence-electron chi connectivity index (χ3n) is 1.99. The van der Waals surface area contributed by atoms with Crippen molar-refractivity contribution >= 4 is 34.9 Å². The molecule has 0 aliphatic rings. The van der Waals surface area contributed by atoms with Gasteiger partial charge in [-0.25, -0.2) is 4.57 Å². The number of nitrogens with one attached hydrogen (secondary N) is 1. The van der Waals surface area contributed by atoms with Crippen molar-refractivity contribution in [3.8, 4) is 0 Å². The Hall–Kier alpha value is 0.120. The summed E-state index contributed by atoms with van der Waals surface area (Å²) >= 11 is 0.975. The minimum atomic E-state index is -3.12. The fraction of sp³-hybridized carbons (Fsp3) is 0.875. The lowest BCUT2D eigenvalue weighted by Crippen LogP contribution is -2.34. The second kappa shape index (κ2) is 8.26. The number of carbonyl (C=O) groups excluding carboxylic acids is 1. The average molecular weight is 303 g/mol. The third-order valence-corrected chi connectivity index (χ3v) is 7.85. The van der Waals surface area contributed by atoms with Gasteiger partial charge in [-0.1, -0.05) is 0 Å². The number of rotatable bonds is 8. The zero-order valence-electron chi connectivity index (χ0n) is 10.3. The molecule has 0 fully saturated rings. The van der Waals surface area contributed by atoms with Crippen molar-refractivity contribution < 1.29 is 22.6 Å². The van der Waals surface area contributed by atoms with Crippen molar-refractivity contribution in [1.82, 2.24) is 5.32 Å². The molecule has 0 spiro atoms. The van der Waals surface area contributed by atoms with Crippen LogP contribution in [0, 0.1) is 0 Å². The Kier molecular flexibility index (Phi) is 8.32. The Morgan fingerprint density at radius 3 is 2.41 bits per heavy atom. The highest BCUT2D eigenvalue weighted by atomic mass is 32.7. The summed E-state index contributed by atoms with van der Waals surface area (Å²) in [5.41, 5.74) is 0. The van der Waals surface area contributed by atoms with Gasteiger partial charge < -0.3 is 14.4 Å². The van der Waals surface area contributed by atoms with Crippen LogP contribution in [0.5, 0.6) is 0 Å². The van der Waals surface area contributed by atoms with Gasteiger partial charge in [0.2, 0.25) is 5.91 Å². The highest BCUT2D eigenvalue weighted by molar-refractivity contribution is 8.55. The molecule has 0 aromatic rings. The Labute approximate surface area is 108 Å². The van der Waals surface area contributed by atoms with E-state index in [0.717, 1.165) is 11.4 Å². The van der Waals surface area contributed by atoms with Gasteiger partial charge >= 0.3 is 6.80 Å². The summed E-state index contributed by atoms with van der Waals surface area (Å²) < 4.78 is 32.7. The van der Waals surface area contributed by atoms with E-state index in [1.54, 1.807) is 6.92 Å². The van der Waals surface area contributed by atoms with Crippen LogP contribution in [0.25, 0.3) is 0 Å². The molecule has 17 heavy (non-hydrogen) atoms. The van der Waals surface area contributed by atoms with Gasteiger partial charge in [-0.15, -0.1) is 0 Å². The molecule has 2 atom stereocenters. The molecular weight excluding hydrogens is 285 g/mol.